The third-order valence-corrected chi connectivity index (χ3v) is 4.62. The van der Waals surface area contributed by atoms with E-state index >= 15 is 0 Å². The van der Waals surface area contributed by atoms with E-state index in [0.29, 0.717) is 18.8 Å². The van der Waals surface area contributed by atoms with E-state index < -0.39 is 17.4 Å². The molecule has 22 heavy (non-hydrogen) atoms. The van der Waals surface area contributed by atoms with E-state index in [1.54, 1.807) is 12.1 Å². The highest BCUT2D eigenvalue weighted by Crippen LogP contribution is 2.28. The first-order chi connectivity index (χ1) is 10.6. The lowest BCUT2D eigenvalue weighted by atomic mass is 10.0. The van der Waals surface area contributed by atoms with Crippen LogP contribution in [0.2, 0.25) is 0 Å². The predicted octanol–water partition coefficient (Wildman–Crippen LogP) is 1.53. The van der Waals surface area contributed by atoms with Gasteiger partial charge in [0.2, 0.25) is 5.60 Å². The van der Waals surface area contributed by atoms with E-state index in [-0.39, 0.29) is 6.42 Å². The topological polar surface area (TPSA) is 69.6 Å². The molecule has 1 aromatic carbocycles. The van der Waals surface area contributed by atoms with Gasteiger partial charge in [-0.15, -0.1) is 11.3 Å². The number of amides is 2. The van der Waals surface area contributed by atoms with Crippen LogP contribution in [0, 0.1) is 0 Å². The Hall–Kier alpha value is -2.18. The molecule has 2 aromatic rings. The van der Waals surface area contributed by atoms with Gasteiger partial charge < -0.3 is 15.3 Å². The van der Waals surface area contributed by atoms with E-state index in [4.69, 9.17) is 0 Å². The maximum atomic E-state index is 12.4. The van der Waals surface area contributed by atoms with E-state index in [9.17, 15) is 14.7 Å². The van der Waals surface area contributed by atoms with Crippen LogP contribution in [0.4, 0.5) is 5.69 Å². The highest BCUT2D eigenvalue weighted by Gasteiger charge is 2.51. The maximum absolute atomic E-state index is 12.4. The van der Waals surface area contributed by atoms with E-state index in [0.717, 1.165) is 4.88 Å². The summed E-state index contributed by atoms with van der Waals surface area (Å²) in [6.45, 7) is 0.642. The smallest absolute Gasteiger partial charge is 0.268 e. The van der Waals surface area contributed by atoms with Gasteiger partial charge in [-0.1, -0.05) is 24.3 Å². The molecule has 0 radical (unpaired) electrons. The highest BCUT2D eigenvalue weighted by atomic mass is 32.1. The van der Waals surface area contributed by atoms with Gasteiger partial charge in [-0.2, -0.15) is 0 Å². The fourth-order valence-electron chi connectivity index (χ4n) is 2.50. The number of para-hydroxylation sites is 1. The quantitative estimate of drug-likeness (QED) is 0.841. The van der Waals surface area contributed by atoms with E-state index in [1.807, 2.05) is 35.7 Å². The zero-order chi connectivity index (χ0) is 15.6. The lowest BCUT2D eigenvalue weighted by Crippen LogP contribution is -2.52. The van der Waals surface area contributed by atoms with Gasteiger partial charge in [0, 0.05) is 23.5 Å². The minimum Gasteiger partial charge on any atom is -0.372 e. The van der Waals surface area contributed by atoms with Crippen LogP contribution in [-0.4, -0.2) is 29.1 Å². The first-order valence-electron chi connectivity index (χ1n) is 7.01. The monoisotopic (exact) mass is 316 g/mol. The summed E-state index contributed by atoms with van der Waals surface area (Å²) in [7, 11) is 0. The molecular weight excluding hydrogens is 300 g/mol. The Bertz CT molecular complexity index is 672. The number of hydrogen-bond donors (Lipinski definition) is 2. The minimum absolute atomic E-state index is 0.0942. The first kappa shape index (κ1) is 14.7. The lowest BCUT2D eigenvalue weighted by molar-refractivity contribution is -0.149. The molecule has 2 N–H and O–H groups in total. The summed E-state index contributed by atoms with van der Waals surface area (Å²) < 4.78 is 0. The Kier molecular flexibility index (Phi) is 3.96. The minimum atomic E-state index is -1.98. The molecule has 0 spiro atoms. The summed E-state index contributed by atoms with van der Waals surface area (Å²) in [5.41, 5.74) is -1.29. The maximum Gasteiger partial charge on any atom is 0.268 e. The number of rotatable bonds is 4. The van der Waals surface area contributed by atoms with Gasteiger partial charge in [0.25, 0.3) is 11.8 Å². The molecule has 1 aliphatic heterocycles. The summed E-state index contributed by atoms with van der Waals surface area (Å²) in [4.78, 5) is 27.1. The number of hydrogen-bond acceptors (Lipinski definition) is 4. The van der Waals surface area contributed by atoms with Crippen molar-refractivity contribution in [2.45, 2.75) is 18.6 Å². The number of aliphatic hydroxyl groups is 1. The molecule has 1 aromatic heterocycles. The summed E-state index contributed by atoms with van der Waals surface area (Å²) in [5.74, 6) is -1.20. The van der Waals surface area contributed by atoms with Crippen molar-refractivity contribution >= 4 is 28.8 Å². The molecule has 0 unspecified atom stereocenters. The van der Waals surface area contributed by atoms with Gasteiger partial charge in [0.1, 0.15) is 0 Å². The Morgan fingerprint density at radius 1 is 1.27 bits per heavy atom. The molecule has 114 valence electrons. The number of carbonyl (C=O) groups excluding carboxylic acids is 2. The van der Waals surface area contributed by atoms with Gasteiger partial charge in [0.15, 0.2) is 0 Å². The van der Waals surface area contributed by atoms with Crippen LogP contribution in [0.1, 0.15) is 11.3 Å². The van der Waals surface area contributed by atoms with E-state index in [2.05, 4.69) is 5.32 Å². The average molecular weight is 316 g/mol. The van der Waals surface area contributed by atoms with Gasteiger partial charge >= 0.3 is 0 Å². The molecule has 0 saturated carbocycles. The second kappa shape index (κ2) is 5.90. The third-order valence-electron chi connectivity index (χ3n) is 3.74. The van der Waals surface area contributed by atoms with Crippen molar-refractivity contribution < 1.29 is 14.7 Å². The molecule has 0 bridgehead atoms. The molecule has 5 nitrogen and oxygen atoms in total. The summed E-state index contributed by atoms with van der Waals surface area (Å²) in [6, 6.07) is 12.8. The summed E-state index contributed by atoms with van der Waals surface area (Å²) >= 11 is 1.51. The Morgan fingerprint density at radius 2 is 2.05 bits per heavy atom. The van der Waals surface area contributed by atoms with Crippen LogP contribution in [0.25, 0.3) is 0 Å². The molecule has 1 fully saturated rings. The van der Waals surface area contributed by atoms with Crippen LogP contribution in [0.15, 0.2) is 47.8 Å². The number of carbonyl (C=O) groups is 2. The van der Waals surface area contributed by atoms with Gasteiger partial charge in [-0.3, -0.25) is 9.59 Å². The number of nitrogens with one attached hydrogen (secondary N) is 1. The molecule has 0 aliphatic carbocycles. The SMILES string of the molecule is O=C(NCc1cccs1)[C@@]1(O)CCN(c2ccccc2)C1=O. The zero-order valence-electron chi connectivity index (χ0n) is 11.9. The number of anilines is 1. The average Bonchev–Trinajstić information content (AvgIpc) is 3.16. The summed E-state index contributed by atoms with van der Waals surface area (Å²) in [6.07, 6.45) is 0.0942. The molecule has 1 atom stereocenters. The lowest BCUT2D eigenvalue weighted by Gasteiger charge is -2.21. The molecule has 1 aliphatic rings. The van der Waals surface area contributed by atoms with Crippen LogP contribution in [-0.2, 0) is 16.1 Å². The number of nitrogens with zero attached hydrogens (tertiary/aromatic N) is 1. The van der Waals surface area contributed by atoms with Crippen molar-refractivity contribution in [3.63, 3.8) is 0 Å². The highest BCUT2D eigenvalue weighted by molar-refractivity contribution is 7.09. The molecule has 2 amide bonds. The normalized spacial score (nSPS) is 21.1. The Labute approximate surface area is 132 Å². The fourth-order valence-corrected chi connectivity index (χ4v) is 3.14. The number of thiophene rings is 1. The second-order valence-corrected chi connectivity index (χ2v) is 6.20. The van der Waals surface area contributed by atoms with Gasteiger partial charge in [-0.25, -0.2) is 0 Å². The van der Waals surface area contributed by atoms with Crippen molar-refractivity contribution in [2.24, 2.45) is 0 Å². The van der Waals surface area contributed by atoms with Crippen molar-refractivity contribution in [1.29, 1.82) is 0 Å². The predicted molar refractivity (Wildman–Crippen MR) is 84.5 cm³/mol. The van der Waals surface area contributed by atoms with Crippen molar-refractivity contribution in [2.75, 3.05) is 11.4 Å². The fraction of sp³-hybridized carbons (Fsp3) is 0.250. The number of benzene rings is 1. The standard InChI is InChI=1S/C16H16N2O3S/c19-14(17-11-13-7-4-10-22-13)16(21)8-9-18(15(16)20)12-5-2-1-3-6-12/h1-7,10,21H,8-9,11H2,(H,17,19)/t16-/m0/s1. The van der Waals surface area contributed by atoms with Crippen molar-refractivity contribution in [3.8, 4) is 0 Å². The molecule has 1 saturated heterocycles. The van der Waals surface area contributed by atoms with Crippen molar-refractivity contribution in [1.82, 2.24) is 5.32 Å². The second-order valence-electron chi connectivity index (χ2n) is 5.16. The Morgan fingerprint density at radius 3 is 2.73 bits per heavy atom. The molecular formula is C16H16N2O3S. The van der Waals surface area contributed by atoms with Crippen LogP contribution < -0.4 is 10.2 Å². The van der Waals surface area contributed by atoms with Crippen LogP contribution in [0.3, 0.4) is 0 Å². The molecule has 2 heterocycles. The van der Waals surface area contributed by atoms with E-state index in [1.165, 1.54) is 16.2 Å². The third kappa shape index (κ3) is 2.63. The van der Waals surface area contributed by atoms with Crippen LogP contribution in [0.5, 0.6) is 0 Å². The van der Waals surface area contributed by atoms with Crippen LogP contribution >= 0.6 is 11.3 Å². The van der Waals surface area contributed by atoms with Crippen molar-refractivity contribution in [3.05, 3.63) is 52.7 Å². The molecule has 3 rings (SSSR count). The van der Waals surface area contributed by atoms with Gasteiger partial charge in [0.05, 0.1) is 6.54 Å². The molecule has 6 heteroatoms. The zero-order valence-corrected chi connectivity index (χ0v) is 12.7. The van der Waals surface area contributed by atoms with Gasteiger partial charge in [-0.05, 0) is 23.6 Å². The largest absolute Gasteiger partial charge is 0.372 e. The summed E-state index contributed by atoms with van der Waals surface area (Å²) in [5, 5.41) is 15.0. The Balaban J connectivity index is 1.70. The first-order valence-corrected chi connectivity index (χ1v) is 7.89.